The lowest BCUT2D eigenvalue weighted by Gasteiger charge is -2.35. The lowest BCUT2D eigenvalue weighted by molar-refractivity contribution is 0.0899. The summed E-state index contributed by atoms with van der Waals surface area (Å²) < 4.78 is 12.7. The molecular weight excluding hydrogens is 372 g/mol. The maximum Gasteiger partial charge on any atom is 0.266 e. The van der Waals surface area contributed by atoms with E-state index in [1.54, 1.807) is 24.4 Å². The molecule has 154 valence electrons. The van der Waals surface area contributed by atoms with Gasteiger partial charge in [-0.3, -0.25) is 14.5 Å². The first kappa shape index (κ1) is 19.4. The number of ether oxygens (including phenoxy) is 2. The highest BCUT2D eigenvalue weighted by Crippen LogP contribution is 2.33. The number of hydrogen-bond donors (Lipinski definition) is 1. The fourth-order valence-corrected chi connectivity index (χ4v) is 3.92. The Bertz CT molecular complexity index is 914. The van der Waals surface area contributed by atoms with Gasteiger partial charge in [-0.1, -0.05) is 12.5 Å². The third kappa shape index (κ3) is 4.59. The molecule has 0 saturated carbocycles. The second-order valence-electron chi connectivity index (χ2n) is 7.31. The van der Waals surface area contributed by atoms with Gasteiger partial charge >= 0.3 is 0 Å². The Morgan fingerprint density at radius 2 is 2.03 bits per heavy atom. The van der Waals surface area contributed by atoms with Crippen molar-refractivity contribution in [3.63, 3.8) is 0 Å². The maximum absolute atomic E-state index is 12.8. The quantitative estimate of drug-likeness (QED) is 0.790. The van der Waals surface area contributed by atoms with Gasteiger partial charge < -0.3 is 14.8 Å². The highest BCUT2D eigenvalue weighted by atomic mass is 16.6. The molecule has 0 bridgehead atoms. The Kier molecular flexibility index (Phi) is 6.09. The number of para-hydroxylation sites is 1. The van der Waals surface area contributed by atoms with Gasteiger partial charge in [0, 0.05) is 31.4 Å². The van der Waals surface area contributed by atoms with Crippen molar-refractivity contribution in [1.29, 1.82) is 0 Å². The van der Waals surface area contributed by atoms with Crippen LogP contribution in [0.25, 0.3) is 0 Å². The summed E-state index contributed by atoms with van der Waals surface area (Å²) >= 11 is 0. The molecule has 8 heteroatoms. The molecule has 1 aromatic heterocycles. The number of hydrogen-bond acceptors (Lipinski definition) is 6. The van der Waals surface area contributed by atoms with Crippen molar-refractivity contribution in [3.05, 3.63) is 52.4 Å². The van der Waals surface area contributed by atoms with Crippen LogP contribution in [-0.4, -0.2) is 59.5 Å². The Balaban J connectivity index is 1.37. The van der Waals surface area contributed by atoms with E-state index in [0.29, 0.717) is 43.4 Å². The van der Waals surface area contributed by atoms with Gasteiger partial charge in [-0.2, -0.15) is 5.10 Å². The average molecular weight is 398 g/mol. The summed E-state index contributed by atoms with van der Waals surface area (Å²) in [7, 11) is 0. The molecule has 1 unspecified atom stereocenters. The first-order valence-corrected chi connectivity index (χ1v) is 10.2. The average Bonchev–Trinajstić information content (AvgIpc) is 2.77. The summed E-state index contributed by atoms with van der Waals surface area (Å²) in [5.41, 5.74) is 0.412. The number of piperidine rings is 1. The van der Waals surface area contributed by atoms with Crippen LogP contribution in [0, 0.1) is 0 Å². The van der Waals surface area contributed by atoms with Crippen molar-refractivity contribution in [2.24, 2.45) is 0 Å². The zero-order valence-electron chi connectivity index (χ0n) is 16.4. The molecule has 0 radical (unpaired) electrons. The largest absolute Gasteiger partial charge is 0.486 e. The number of benzene rings is 1. The molecule has 2 aliphatic rings. The first-order chi connectivity index (χ1) is 14.2. The molecule has 1 fully saturated rings. The van der Waals surface area contributed by atoms with E-state index in [4.69, 9.17) is 9.47 Å². The number of aromatic nitrogens is 2. The van der Waals surface area contributed by atoms with Crippen LogP contribution in [0.5, 0.6) is 11.5 Å². The Morgan fingerprint density at radius 1 is 1.14 bits per heavy atom. The second kappa shape index (κ2) is 9.09. The minimum atomic E-state index is -0.154. The third-order valence-electron chi connectivity index (χ3n) is 5.44. The number of nitrogens with zero attached hydrogens (tertiary/aromatic N) is 3. The number of rotatable bonds is 6. The van der Waals surface area contributed by atoms with Crippen molar-refractivity contribution in [2.75, 3.05) is 32.8 Å². The number of amides is 1. The van der Waals surface area contributed by atoms with Gasteiger partial charge in [0.15, 0.2) is 11.5 Å². The van der Waals surface area contributed by atoms with Gasteiger partial charge in [-0.25, -0.2) is 4.68 Å². The normalized spacial score (nSPS) is 19.0. The molecule has 29 heavy (non-hydrogen) atoms. The monoisotopic (exact) mass is 398 g/mol. The molecule has 2 aliphatic heterocycles. The summed E-state index contributed by atoms with van der Waals surface area (Å²) in [5, 5.41) is 7.18. The fraction of sp³-hybridized carbons (Fsp3) is 0.476. The van der Waals surface area contributed by atoms with Crippen LogP contribution in [0.15, 0.2) is 41.3 Å². The van der Waals surface area contributed by atoms with Crippen molar-refractivity contribution < 1.29 is 14.3 Å². The number of likely N-dealkylation sites (tertiary alicyclic amines) is 1. The standard InChI is InChI=1S/C21H26N4O4/c26-19-8-4-9-23-25(19)12-11-24-10-2-1-5-16(24)15-22-21(27)17-6-3-7-18-20(17)29-14-13-28-18/h3-4,6-9,16H,1-2,5,10-15H2,(H,22,27). The molecule has 2 aromatic rings. The lowest BCUT2D eigenvalue weighted by atomic mass is 10.0. The van der Waals surface area contributed by atoms with Gasteiger partial charge in [-0.15, -0.1) is 0 Å². The van der Waals surface area contributed by atoms with E-state index in [2.05, 4.69) is 15.3 Å². The Morgan fingerprint density at radius 3 is 2.93 bits per heavy atom. The van der Waals surface area contributed by atoms with E-state index in [1.807, 2.05) is 6.07 Å². The summed E-state index contributed by atoms with van der Waals surface area (Å²) in [6.07, 6.45) is 4.91. The second-order valence-corrected chi connectivity index (χ2v) is 7.31. The number of carbonyl (C=O) groups is 1. The number of nitrogens with one attached hydrogen (secondary N) is 1. The molecular formula is C21H26N4O4. The highest BCUT2D eigenvalue weighted by molar-refractivity contribution is 5.97. The van der Waals surface area contributed by atoms with Crippen molar-refractivity contribution in [1.82, 2.24) is 20.0 Å². The Hall–Kier alpha value is -2.87. The molecule has 1 aromatic carbocycles. The maximum atomic E-state index is 12.8. The molecule has 1 amide bonds. The predicted octanol–water partition coefficient (Wildman–Crippen LogP) is 1.30. The van der Waals surface area contributed by atoms with E-state index < -0.39 is 0 Å². The molecule has 8 nitrogen and oxygen atoms in total. The smallest absolute Gasteiger partial charge is 0.266 e. The van der Waals surface area contributed by atoms with Crippen LogP contribution < -0.4 is 20.3 Å². The lowest BCUT2D eigenvalue weighted by Crippen LogP contribution is -2.48. The van der Waals surface area contributed by atoms with Gasteiger partial charge in [0.05, 0.1) is 12.1 Å². The van der Waals surface area contributed by atoms with Gasteiger partial charge in [-0.05, 0) is 37.6 Å². The number of carbonyl (C=O) groups excluding carboxylic acids is 1. The van der Waals surface area contributed by atoms with Crippen LogP contribution in [0.1, 0.15) is 29.6 Å². The fourth-order valence-electron chi connectivity index (χ4n) is 3.92. The zero-order chi connectivity index (χ0) is 20.1. The van der Waals surface area contributed by atoms with E-state index in [-0.39, 0.29) is 17.5 Å². The minimum Gasteiger partial charge on any atom is -0.486 e. The van der Waals surface area contributed by atoms with E-state index in [1.165, 1.54) is 10.7 Å². The SMILES string of the molecule is O=C(NCC1CCCCN1CCn1ncccc1=O)c1cccc2c1OCCO2. The zero-order valence-corrected chi connectivity index (χ0v) is 16.4. The predicted molar refractivity (Wildman–Crippen MR) is 107 cm³/mol. The molecule has 3 heterocycles. The summed E-state index contributed by atoms with van der Waals surface area (Å²) in [4.78, 5) is 27.0. The Labute approximate surface area is 169 Å². The van der Waals surface area contributed by atoms with E-state index in [9.17, 15) is 9.59 Å². The summed E-state index contributed by atoms with van der Waals surface area (Å²) in [5.74, 6) is 0.981. The minimum absolute atomic E-state index is 0.0922. The third-order valence-corrected chi connectivity index (χ3v) is 5.44. The summed E-state index contributed by atoms with van der Waals surface area (Å²) in [6, 6.07) is 8.79. The topological polar surface area (TPSA) is 85.7 Å². The van der Waals surface area contributed by atoms with Crippen molar-refractivity contribution in [2.45, 2.75) is 31.8 Å². The van der Waals surface area contributed by atoms with Gasteiger partial charge in [0.2, 0.25) is 0 Å². The molecule has 1 N–H and O–H groups in total. The van der Waals surface area contributed by atoms with Gasteiger partial charge in [0.1, 0.15) is 13.2 Å². The van der Waals surface area contributed by atoms with Crippen LogP contribution in [0.2, 0.25) is 0 Å². The first-order valence-electron chi connectivity index (χ1n) is 10.2. The molecule has 0 aliphatic carbocycles. The van der Waals surface area contributed by atoms with E-state index >= 15 is 0 Å². The number of fused-ring (bicyclic) bond motifs is 1. The van der Waals surface area contributed by atoms with Crippen LogP contribution >= 0.6 is 0 Å². The molecule has 0 spiro atoms. The summed E-state index contributed by atoms with van der Waals surface area (Å²) in [6.45, 7) is 3.73. The molecule has 1 atom stereocenters. The molecule has 1 saturated heterocycles. The van der Waals surface area contributed by atoms with Crippen molar-refractivity contribution >= 4 is 5.91 Å². The van der Waals surface area contributed by atoms with Crippen LogP contribution in [-0.2, 0) is 6.54 Å². The van der Waals surface area contributed by atoms with Crippen LogP contribution in [0.4, 0.5) is 0 Å². The molecule has 4 rings (SSSR count). The van der Waals surface area contributed by atoms with Gasteiger partial charge in [0.25, 0.3) is 11.5 Å². The van der Waals surface area contributed by atoms with Crippen LogP contribution in [0.3, 0.4) is 0 Å². The highest BCUT2D eigenvalue weighted by Gasteiger charge is 2.25. The van der Waals surface area contributed by atoms with Crippen molar-refractivity contribution in [3.8, 4) is 11.5 Å². The van der Waals surface area contributed by atoms with E-state index in [0.717, 1.165) is 32.4 Å².